The fraction of sp³-hybridized carbons (Fsp3) is 0.118. The fourth-order valence-electron chi connectivity index (χ4n) is 2.26. The third kappa shape index (κ3) is 3.27. The molecular weight excluding hydrogens is 346 g/mol. The predicted octanol–water partition coefficient (Wildman–Crippen LogP) is 3.88. The normalized spacial score (nSPS) is 11.4. The number of esters is 1. The molecule has 1 heterocycles. The molecule has 0 aliphatic heterocycles. The third-order valence-electron chi connectivity index (χ3n) is 3.38. The summed E-state index contributed by atoms with van der Waals surface area (Å²) < 4.78 is 33.6. The second-order valence-corrected chi connectivity index (χ2v) is 7.56. The summed E-state index contributed by atoms with van der Waals surface area (Å²) >= 11 is 1.38. The summed E-state index contributed by atoms with van der Waals surface area (Å²) in [4.78, 5) is 11.9. The van der Waals surface area contributed by atoms with Gasteiger partial charge in [-0.05, 0) is 37.3 Å². The summed E-state index contributed by atoms with van der Waals surface area (Å²) in [7, 11) is -3.70. The Morgan fingerprint density at radius 2 is 1.83 bits per heavy atom. The summed E-state index contributed by atoms with van der Waals surface area (Å²) in [6, 6.07) is 13.5. The van der Waals surface area contributed by atoms with Crippen molar-refractivity contribution >= 4 is 43.1 Å². The molecule has 7 heteroatoms. The smallest absolute Gasteiger partial charge is 0.338 e. The lowest BCUT2D eigenvalue weighted by atomic mass is 10.2. The Labute approximate surface area is 143 Å². The van der Waals surface area contributed by atoms with E-state index in [0.29, 0.717) is 23.2 Å². The Bertz CT molecular complexity index is 975. The molecule has 0 saturated heterocycles. The molecule has 24 heavy (non-hydrogen) atoms. The van der Waals surface area contributed by atoms with Gasteiger partial charge in [-0.15, -0.1) is 11.3 Å². The highest BCUT2D eigenvalue weighted by Gasteiger charge is 2.19. The number of benzene rings is 2. The number of rotatable bonds is 5. The van der Waals surface area contributed by atoms with E-state index in [2.05, 4.69) is 4.72 Å². The van der Waals surface area contributed by atoms with Gasteiger partial charge in [-0.1, -0.05) is 18.2 Å². The van der Waals surface area contributed by atoms with Crippen LogP contribution in [0.5, 0.6) is 0 Å². The van der Waals surface area contributed by atoms with Crippen LogP contribution in [0.25, 0.3) is 10.1 Å². The predicted molar refractivity (Wildman–Crippen MR) is 95.0 cm³/mol. The Morgan fingerprint density at radius 1 is 1.12 bits per heavy atom. The van der Waals surface area contributed by atoms with Crippen molar-refractivity contribution in [3.05, 3.63) is 59.5 Å². The van der Waals surface area contributed by atoms with Crippen LogP contribution in [0.15, 0.2) is 58.8 Å². The lowest BCUT2D eigenvalue weighted by Crippen LogP contribution is -2.12. The van der Waals surface area contributed by atoms with E-state index in [9.17, 15) is 13.2 Å². The van der Waals surface area contributed by atoms with Crippen molar-refractivity contribution in [1.29, 1.82) is 0 Å². The molecule has 3 aromatic rings. The van der Waals surface area contributed by atoms with Gasteiger partial charge in [0.2, 0.25) is 0 Å². The summed E-state index contributed by atoms with van der Waals surface area (Å²) in [6.07, 6.45) is 0. The molecule has 0 saturated carbocycles. The molecule has 0 spiro atoms. The SMILES string of the molecule is CCOC(=O)c1ccc(NS(=O)(=O)c2csc3ccccc23)cc1. The molecular formula is C17H15NO4S2. The number of thiophene rings is 1. The average Bonchev–Trinajstić information content (AvgIpc) is 3.00. The molecule has 124 valence electrons. The number of anilines is 1. The molecule has 0 unspecified atom stereocenters. The van der Waals surface area contributed by atoms with Gasteiger partial charge in [-0.3, -0.25) is 4.72 Å². The van der Waals surface area contributed by atoms with E-state index >= 15 is 0 Å². The van der Waals surface area contributed by atoms with E-state index in [1.807, 2.05) is 18.2 Å². The van der Waals surface area contributed by atoms with E-state index in [1.165, 1.54) is 23.5 Å². The Balaban J connectivity index is 1.86. The van der Waals surface area contributed by atoms with Gasteiger partial charge in [-0.25, -0.2) is 13.2 Å². The summed E-state index contributed by atoms with van der Waals surface area (Å²) in [6.45, 7) is 2.02. The summed E-state index contributed by atoms with van der Waals surface area (Å²) in [5.41, 5.74) is 0.763. The van der Waals surface area contributed by atoms with Crippen molar-refractivity contribution in [3.63, 3.8) is 0 Å². The van der Waals surface area contributed by atoms with Crippen LogP contribution in [0.3, 0.4) is 0 Å². The number of fused-ring (bicyclic) bond motifs is 1. The Kier molecular flexibility index (Phi) is 4.55. The van der Waals surface area contributed by atoms with Crippen LogP contribution in [0.2, 0.25) is 0 Å². The van der Waals surface area contributed by atoms with Gasteiger partial charge in [0.25, 0.3) is 10.0 Å². The largest absolute Gasteiger partial charge is 0.462 e. The minimum atomic E-state index is -3.70. The average molecular weight is 361 g/mol. The standard InChI is InChI=1S/C17H15NO4S2/c1-2-22-17(19)12-7-9-13(10-8-12)18-24(20,21)16-11-23-15-6-4-3-5-14(15)16/h3-11,18H,2H2,1H3. The summed E-state index contributed by atoms with van der Waals surface area (Å²) in [5.74, 6) is -0.435. The zero-order chi connectivity index (χ0) is 17.2. The first-order valence-corrected chi connectivity index (χ1v) is 9.64. The van der Waals surface area contributed by atoms with Gasteiger partial charge in [0, 0.05) is 21.2 Å². The topological polar surface area (TPSA) is 72.5 Å². The molecule has 0 amide bonds. The second kappa shape index (κ2) is 6.62. The molecule has 2 aromatic carbocycles. The molecule has 0 aliphatic carbocycles. The number of hydrogen-bond donors (Lipinski definition) is 1. The van der Waals surface area contributed by atoms with Gasteiger partial charge in [-0.2, -0.15) is 0 Å². The molecule has 0 aliphatic rings. The summed E-state index contributed by atoms with van der Waals surface area (Å²) in [5, 5.41) is 2.32. The molecule has 0 radical (unpaired) electrons. The van der Waals surface area contributed by atoms with Crippen LogP contribution < -0.4 is 4.72 Å². The third-order valence-corrected chi connectivity index (χ3v) is 5.92. The number of nitrogens with one attached hydrogen (secondary N) is 1. The van der Waals surface area contributed by atoms with E-state index in [4.69, 9.17) is 4.74 Å². The van der Waals surface area contributed by atoms with E-state index < -0.39 is 16.0 Å². The molecule has 0 bridgehead atoms. The van der Waals surface area contributed by atoms with Gasteiger partial charge >= 0.3 is 5.97 Å². The molecule has 0 atom stereocenters. The van der Waals surface area contributed by atoms with Gasteiger partial charge in [0.1, 0.15) is 4.90 Å². The maximum Gasteiger partial charge on any atom is 0.338 e. The van der Waals surface area contributed by atoms with Gasteiger partial charge in [0.15, 0.2) is 0 Å². The van der Waals surface area contributed by atoms with Crippen molar-refractivity contribution in [3.8, 4) is 0 Å². The van der Waals surface area contributed by atoms with Crippen LogP contribution in [-0.4, -0.2) is 21.0 Å². The van der Waals surface area contributed by atoms with Crippen LogP contribution in [0, 0.1) is 0 Å². The lowest BCUT2D eigenvalue weighted by Gasteiger charge is -2.08. The Hall–Kier alpha value is -2.38. The van der Waals surface area contributed by atoms with Crippen LogP contribution in [-0.2, 0) is 14.8 Å². The first-order valence-electron chi connectivity index (χ1n) is 7.27. The van der Waals surface area contributed by atoms with Crippen molar-refractivity contribution < 1.29 is 17.9 Å². The minimum absolute atomic E-state index is 0.248. The zero-order valence-corrected chi connectivity index (χ0v) is 14.5. The van der Waals surface area contributed by atoms with Crippen LogP contribution in [0.4, 0.5) is 5.69 Å². The Morgan fingerprint density at radius 3 is 2.54 bits per heavy atom. The van der Waals surface area contributed by atoms with E-state index in [-0.39, 0.29) is 4.90 Å². The molecule has 0 fully saturated rings. The monoisotopic (exact) mass is 361 g/mol. The molecule has 1 aromatic heterocycles. The number of hydrogen-bond acceptors (Lipinski definition) is 5. The fourth-order valence-corrected chi connectivity index (χ4v) is 4.82. The maximum absolute atomic E-state index is 12.6. The first-order chi connectivity index (χ1) is 11.5. The van der Waals surface area contributed by atoms with Crippen LogP contribution in [0.1, 0.15) is 17.3 Å². The number of carbonyl (C=O) groups is 1. The highest BCUT2D eigenvalue weighted by atomic mass is 32.2. The quantitative estimate of drug-likeness (QED) is 0.700. The zero-order valence-electron chi connectivity index (χ0n) is 12.9. The van der Waals surface area contributed by atoms with Crippen LogP contribution >= 0.6 is 11.3 Å². The van der Waals surface area contributed by atoms with Gasteiger partial charge < -0.3 is 4.74 Å². The van der Waals surface area contributed by atoms with E-state index in [0.717, 1.165) is 4.70 Å². The molecule has 3 rings (SSSR count). The van der Waals surface area contributed by atoms with Crippen molar-refractivity contribution in [2.45, 2.75) is 11.8 Å². The highest BCUT2D eigenvalue weighted by molar-refractivity contribution is 7.93. The molecule has 1 N–H and O–H groups in total. The van der Waals surface area contributed by atoms with E-state index in [1.54, 1.807) is 30.5 Å². The van der Waals surface area contributed by atoms with Gasteiger partial charge in [0.05, 0.1) is 12.2 Å². The minimum Gasteiger partial charge on any atom is -0.462 e. The van der Waals surface area contributed by atoms with Crippen molar-refractivity contribution in [1.82, 2.24) is 0 Å². The van der Waals surface area contributed by atoms with Crippen molar-refractivity contribution in [2.24, 2.45) is 0 Å². The highest BCUT2D eigenvalue weighted by Crippen LogP contribution is 2.30. The molecule has 5 nitrogen and oxygen atoms in total. The second-order valence-electron chi connectivity index (χ2n) is 5.00. The maximum atomic E-state index is 12.6. The first kappa shape index (κ1) is 16.5. The number of ether oxygens (including phenoxy) is 1. The lowest BCUT2D eigenvalue weighted by molar-refractivity contribution is 0.0526. The van der Waals surface area contributed by atoms with Crippen molar-refractivity contribution in [2.75, 3.05) is 11.3 Å². The number of sulfonamides is 1. The number of carbonyl (C=O) groups excluding carboxylic acids is 1.